The molecule has 0 spiro atoms. The minimum absolute atomic E-state index is 0.0533. The van der Waals surface area contributed by atoms with Crippen molar-refractivity contribution in [3.8, 4) is 5.75 Å². The number of carbonyl (C=O) groups excluding carboxylic acids is 1. The van der Waals surface area contributed by atoms with Crippen LogP contribution in [0.5, 0.6) is 5.75 Å². The predicted molar refractivity (Wildman–Crippen MR) is 82.8 cm³/mol. The molecule has 1 aromatic carbocycles. The SMILES string of the molecule is COc1ccc(N2CCN(C(=O)[C@H]3CCCN3)CC2)cc1. The Morgan fingerprint density at radius 1 is 1.19 bits per heavy atom. The highest BCUT2D eigenvalue weighted by Gasteiger charge is 2.29. The molecule has 3 rings (SSSR count). The molecule has 1 amide bonds. The maximum absolute atomic E-state index is 12.4. The summed E-state index contributed by atoms with van der Waals surface area (Å²) in [6.45, 7) is 4.38. The zero-order valence-corrected chi connectivity index (χ0v) is 12.5. The highest BCUT2D eigenvalue weighted by Crippen LogP contribution is 2.21. The highest BCUT2D eigenvalue weighted by molar-refractivity contribution is 5.82. The Kier molecular flexibility index (Phi) is 4.29. The molecule has 114 valence electrons. The van der Waals surface area contributed by atoms with Crippen molar-refractivity contribution in [3.63, 3.8) is 0 Å². The standard InChI is InChI=1S/C16H23N3O2/c1-21-14-6-4-13(5-7-14)18-9-11-19(12-10-18)16(20)15-3-2-8-17-15/h4-7,15,17H,2-3,8-12H2,1H3/t15-/m1/s1. The lowest BCUT2D eigenvalue weighted by Crippen LogP contribution is -2.53. The van der Waals surface area contributed by atoms with E-state index in [-0.39, 0.29) is 11.9 Å². The normalized spacial score (nSPS) is 22.4. The average molecular weight is 289 g/mol. The molecule has 0 aliphatic carbocycles. The number of rotatable bonds is 3. The third kappa shape index (κ3) is 3.13. The van der Waals surface area contributed by atoms with Crippen molar-refractivity contribution in [1.29, 1.82) is 0 Å². The van der Waals surface area contributed by atoms with Crippen LogP contribution in [0, 0.1) is 0 Å². The molecule has 0 unspecified atom stereocenters. The molecule has 2 aliphatic rings. The van der Waals surface area contributed by atoms with Gasteiger partial charge in [0.2, 0.25) is 5.91 Å². The van der Waals surface area contributed by atoms with E-state index in [0.29, 0.717) is 0 Å². The quantitative estimate of drug-likeness (QED) is 0.905. The van der Waals surface area contributed by atoms with Crippen LogP contribution in [0.15, 0.2) is 24.3 Å². The molecule has 2 saturated heterocycles. The lowest BCUT2D eigenvalue weighted by Gasteiger charge is -2.37. The molecule has 0 bridgehead atoms. The molecule has 0 saturated carbocycles. The summed E-state index contributed by atoms with van der Waals surface area (Å²) in [5, 5.41) is 3.29. The van der Waals surface area contributed by atoms with E-state index in [1.165, 1.54) is 5.69 Å². The highest BCUT2D eigenvalue weighted by atomic mass is 16.5. The van der Waals surface area contributed by atoms with E-state index in [4.69, 9.17) is 4.74 Å². The Morgan fingerprint density at radius 2 is 1.90 bits per heavy atom. The van der Waals surface area contributed by atoms with Crippen molar-refractivity contribution >= 4 is 11.6 Å². The lowest BCUT2D eigenvalue weighted by atomic mass is 10.1. The number of hydrogen-bond donors (Lipinski definition) is 1. The van der Waals surface area contributed by atoms with Gasteiger partial charge < -0.3 is 19.9 Å². The second-order valence-corrected chi connectivity index (χ2v) is 5.66. The third-order valence-electron chi connectivity index (χ3n) is 4.39. The van der Waals surface area contributed by atoms with E-state index in [2.05, 4.69) is 22.3 Å². The number of methoxy groups -OCH3 is 1. The van der Waals surface area contributed by atoms with Gasteiger partial charge in [0.25, 0.3) is 0 Å². The van der Waals surface area contributed by atoms with Crippen LogP contribution in [0.1, 0.15) is 12.8 Å². The van der Waals surface area contributed by atoms with Gasteiger partial charge in [-0.05, 0) is 43.7 Å². The first kappa shape index (κ1) is 14.2. The second kappa shape index (κ2) is 6.35. The number of nitrogens with zero attached hydrogens (tertiary/aromatic N) is 2. The van der Waals surface area contributed by atoms with E-state index in [1.807, 2.05) is 17.0 Å². The first-order valence-electron chi connectivity index (χ1n) is 7.69. The Hall–Kier alpha value is -1.75. The number of amides is 1. The summed E-state index contributed by atoms with van der Waals surface area (Å²) in [7, 11) is 1.68. The monoisotopic (exact) mass is 289 g/mol. The zero-order chi connectivity index (χ0) is 14.7. The zero-order valence-electron chi connectivity index (χ0n) is 12.5. The van der Waals surface area contributed by atoms with Crippen molar-refractivity contribution in [1.82, 2.24) is 10.2 Å². The van der Waals surface area contributed by atoms with Crippen molar-refractivity contribution < 1.29 is 9.53 Å². The molecule has 0 radical (unpaired) electrons. The Morgan fingerprint density at radius 3 is 2.48 bits per heavy atom. The summed E-state index contributed by atoms with van der Waals surface area (Å²) >= 11 is 0. The van der Waals surface area contributed by atoms with Crippen LogP contribution < -0.4 is 15.0 Å². The molecule has 1 aromatic rings. The van der Waals surface area contributed by atoms with Gasteiger partial charge in [0, 0.05) is 31.9 Å². The van der Waals surface area contributed by atoms with Gasteiger partial charge in [-0.25, -0.2) is 0 Å². The summed E-state index contributed by atoms with van der Waals surface area (Å²) in [6, 6.07) is 8.17. The van der Waals surface area contributed by atoms with E-state index in [0.717, 1.165) is 51.3 Å². The molecule has 1 atom stereocenters. The number of hydrogen-bond acceptors (Lipinski definition) is 4. The fourth-order valence-electron chi connectivity index (χ4n) is 3.09. The predicted octanol–water partition coefficient (Wildman–Crippen LogP) is 1.10. The van der Waals surface area contributed by atoms with Crippen LogP contribution in [0.3, 0.4) is 0 Å². The summed E-state index contributed by atoms with van der Waals surface area (Å²) < 4.78 is 5.18. The number of piperazine rings is 1. The fourth-order valence-corrected chi connectivity index (χ4v) is 3.09. The molecule has 2 aliphatic heterocycles. The first-order chi connectivity index (χ1) is 10.3. The lowest BCUT2D eigenvalue weighted by molar-refractivity contribution is -0.133. The van der Waals surface area contributed by atoms with E-state index in [9.17, 15) is 4.79 Å². The van der Waals surface area contributed by atoms with Crippen LogP contribution in [0.25, 0.3) is 0 Å². The van der Waals surface area contributed by atoms with E-state index in [1.54, 1.807) is 7.11 Å². The Labute approximate surface area is 125 Å². The number of anilines is 1. The summed E-state index contributed by atoms with van der Waals surface area (Å²) in [5.74, 6) is 1.15. The van der Waals surface area contributed by atoms with Crippen LogP contribution in [-0.4, -0.2) is 56.7 Å². The Bertz CT molecular complexity index is 475. The van der Waals surface area contributed by atoms with Crippen molar-refractivity contribution in [2.45, 2.75) is 18.9 Å². The largest absolute Gasteiger partial charge is 0.497 e. The van der Waals surface area contributed by atoms with Crippen molar-refractivity contribution in [2.24, 2.45) is 0 Å². The summed E-state index contributed by atoms with van der Waals surface area (Å²) in [4.78, 5) is 16.7. The van der Waals surface area contributed by atoms with Crippen LogP contribution in [-0.2, 0) is 4.79 Å². The van der Waals surface area contributed by atoms with Gasteiger partial charge >= 0.3 is 0 Å². The van der Waals surface area contributed by atoms with Gasteiger partial charge in [-0.1, -0.05) is 0 Å². The minimum atomic E-state index is 0.0533. The molecule has 0 aromatic heterocycles. The number of ether oxygens (including phenoxy) is 1. The molecule has 2 fully saturated rings. The summed E-state index contributed by atoms with van der Waals surface area (Å²) in [5.41, 5.74) is 1.20. The fraction of sp³-hybridized carbons (Fsp3) is 0.562. The van der Waals surface area contributed by atoms with E-state index >= 15 is 0 Å². The molecule has 5 heteroatoms. The smallest absolute Gasteiger partial charge is 0.239 e. The number of benzene rings is 1. The maximum Gasteiger partial charge on any atom is 0.239 e. The third-order valence-corrected chi connectivity index (χ3v) is 4.39. The topological polar surface area (TPSA) is 44.8 Å². The molecule has 1 N–H and O–H groups in total. The molecular weight excluding hydrogens is 266 g/mol. The van der Waals surface area contributed by atoms with Gasteiger partial charge in [0.15, 0.2) is 0 Å². The van der Waals surface area contributed by atoms with Crippen molar-refractivity contribution in [2.75, 3.05) is 44.7 Å². The van der Waals surface area contributed by atoms with Crippen molar-refractivity contribution in [3.05, 3.63) is 24.3 Å². The summed E-state index contributed by atoms with van der Waals surface area (Å²) in [6.07, 6.45) is 2.10. The number of carbonyl (C=O) groups is 1. The molecule has 2 heterocycles. The van der Waals surface area contributed by atoms with Gasteiger partial charge in [0.1, 0.15) is 5.75 Å². The molecule has 21 heavy (non-hydrogen) atoms. The molecule has 5 nitrogen and oxygen atoms in total. The molecular formula is C16H23N3O2. The maximum atomic E-state index is 12.4. The Balaban J connectivity index is 1.55. The van der Waals surface area contributed by atoms with E-state index < -0.39 is 0 Å². The van der Waals surface area contributed by atoms with Gasteiger partial charge in [-0.3, -0.25) is 4.79 Å². The minimum Gasteiger partial charge on any atom is -0.497 e. The van der Waals surface area contributed by atoms with Gasteiger partial charge in [0.05, 0.1) is 13.2 Å². The van der Waals surface area contributed by atoms with Crippen LogP contribution in [0.2, 0.25) is 0 Å². The average Bonchev–Trinajstić information content (AvgIpc) is 3.09. The van der Waals surface area contributed by atoms with Gasteiger partial charge in [-0.15, -0.1) is 0 Å². The van der Waals surface area contributed by atoms with Crippen LogP contribution >= 0.6 is 0 Å². The number of nitrogens with one attached hydrogen (secondary N) is 1. The first-order valence-corrected chi connectivity index (χ1v) is 7.69. The van der Waals surface area contributed by atoms with Gasteiger partial charge in [-0.2, -0.15) is 0 Å². The van der Waals surface area contributed by atoms with Crippen LogP contribution in [0.4, 0.5) is 5.69 Å². The second-order valence-electron chi connectivity index (χ2n) is 5.66.